The summed E-state index contributed by atoms with van der Waals surface area (Å²) >= 11 is 6.00. The van der Waals surface area contributed by atoms with Crippen molar-refractivity contribution in [2.45, 2.75) is 38.6 Å². The van der Waals surface area contributed by atoms with Crippen LogP contribution in [0.1, 0.15) is 31.2 Å². The maximum atomic E-state index is 12.2. The van der Waals surface area contributed by atoms with Gasteiger partial charge in [-0.05, 0) is 61.7 Å². The minimum Gasteiger partial charge on any atom is -0.497 e. The van der Waals surface area contributed by atoms with E-state index >= 15 is 0 Å². The Morgan fingerprint density at radius 1 is 1.24 bits per heavy atom. The Morgan fingerprint density at radius 2 is 2.03 bits per heavy atom. The van der Waals surface area contributed by atoms with E-state index in [4.69, 9.17) is 20.9 Å². The average molecular weight is 414 g/mol. The number of nitrogens with one attached hydrogen (secondary N) is 1. The smallest absolute Gasteiger partial charge is 0.226 e. The molecule has 1 aromatic heterocycles. The molecule has 0 radical (unpaired) electrons. The Hall–Kier alpha value is -2.86. The van der Waals surface area contributed by atoms with Gasteiger partial charge in [-0.2, -0.15) is 4.98 Å². The van der Waals surface area contributed by atoms with Crippen LogP contribution in [0.25, 0.3) is 11.4 Å². The normalized spacial score (nSPS) is 11.8. The molecule has 2 aromatic carbocycles. The lowest BCUT2D eigenvalue weighted by molar-refractivity contribution is -0.121. The van der Waals surface area contributed by atoms with Gasteiger partial charge in [-0.15, -0.1) is 0 Å². The van der Waals surface area contributed by atoms with Crippen LogP contribution in [0.15, 0.2) is 53.1 Å². The molecule has 1 atom stereocenters. The molecule has 0 bridgehead atoms. The van der Waals surface area contributed by atoms with E-state index in [0.29, 0.717) is 36.0 Å². The molecule has 7 heteroatoms. The lowest BCUT2D eigenvalue weighted by Crippen LogP contribution is -2.33. The van der Waals surface area contributed by atoms with Crippen LogP contribution in [-0.2, 0) is 17.6 Å². The zero-order valence-electron chi connectivity index (χ0n) is 16.5. The van der Waals surface area contributed by atoms with Crippen LogP contribution >= 0.6 is 11.6 Å². The third-order valence-corrected chi connectivity index (χ3v) is 4.68. The molecular formula is C22H24ClN3O3. The number of halogens is 1. The summed E-state index contributed by atoms with van der Waals surface area (Å²) in [6, 6.07) is 15.2. The number of nitrogens with zero attached hydrogens (tertiary/aromatic N) is 2. The molecule has 0 saturated carbocycles. The van der Waals surface area contributed by atoms with E-state index in [1.54, 1.807) is 7.11 Å². The van der Waals surface area contributed by atoms with Crippen LogP contribution in [0.5, 0.6) is 5.75 Å². The van der Waals surface area contributed by atoms with Gasteiger partial charge in [0.2, 0.25) is 17.6 Å². The fourth-order valence-electron chi connectivity index (χ4n) is 3.03. The van der Waals surface area contributed by atoms with Crippen LogP contribution in [0.4, 0.5) is 0 Å². The predicted molar refractivity (Wildman–Crippen MR) is 112 cm³/mol. The Labute approximate surface area is 175 Å². The van der Waals surface area contributed by atoms with Crippen molar-refractivity contribution in [1.29, 1.82) is 0 Å². The first-order chi connectivity index (χ1) is 14.0. The predicted octanol–water partition coefficient (Wildman–Crippen LogP) is 4.47. The van der Waals surface area contributed by atoms with Crippen molar-refractivity contribution < 1.29 is 14.1 Å². The molecule has 0 spiro atoms. The Balaban J connectivity index is 1.42. The fraction of sp³-hybridized carbons (Fsp3) is 0.318. The quantitative estimate of drug-likeness (QED) is 0.560. The van der Waals surface area contributed by atoms with Crippen molar-refractivity contribution in [3.05, 3.63) is 65.0 Å². The van der Waals surface area contributed by atoms with E-state index in [1.165, 1.54) is 0 Å². The lowest BCUT2D eigenvalue weighted by Gasteiger charge is -2.14. The summed E-state index contributed by atoms with van der Waals surface area (Å²) in [7, 11) is 1.62. The van der Waals surface area contributed by atoms with Crippen molar-refractivity contribution in [3.63, 3.8) is 0 Å². The second-order valence-corrected chi connectivity index (χ2v) is 7.33. The molecule has 0 aliphatic heterocycles. The monoisotopic (exact) mass is 413 g/mol. The number of benzene rings is 2. The van der Waals surface area contributed by atoms with Gasteiger partial charge >= 0.3 is 0 Å². The second kappa shape index (κ2) is 10.1. The highest BCUT2D eigenvalue weighted by atomic mass is 35.5. The van der Waals surface area contributed by atoms with E-state index < -0.39 is 0 Å². The number of carbonyl (C=O) groups is 1. The van der Waals surface area contributed by atoms with Crippen molar-refractivity contribution in [1.82, 2.24) is 15.5 Å². The first-order valence-electron chi connectivity index (χ1n) is 9.54. The van der Waals surface area contributed by atoms with Gasteiger partial charge in [0.1, 0.15) is 5.75 Å². The van der Waals surface area contributed by atoms with Gasteiger partial charge in [-0.1, -0.05) is 28.9 Å². The van der Waals surface area contributed by atoms with Gasteiger partial charge in [-0.25, -0.2) is 0 Å². The number of hydrogen-bond donors (Lipinski definition) is 1. The summed E-state index contributed by atoms with van der Waals surface area (Å²) < 4.78 is 10.4. The number of methoxy groups -OCH3 is 1. The summed E-state index contributed by atoms with van der Waals surface area (Å²) in [4.78, 5) is 16.6. The van der Waals surface area contributed by atoms with Gasteiger partial charge in [0.05, 0.1) is 7.11 Å². The molecule has 0 saturated heterocycles. The summed E-state index contributed by atoms with van der Waals surface area (Å²) in [5.74, 6) is 1.83. The Bertz CT molecular complexity index is 940. The van der Waals surface area contributed by atoms with E-state index in [-0.39, 0.29) is 11.9 Å². The maximum Gasteiger partial charge on any atom is 0.226 e. The number of aromatic nitrogens is 2. The van der Waals surface area contributed by atoms with Crippen LogP contribution < -0.4 is 10.1 Å². The highest BCUT2D eigenvalue weighted by molar-refractivity contribution is 6.30. The van der Waals surface area contributed by atoms with Crippen LogP contribution in [0.2, 0.25) is 5.02 Å². The Morgan fingerprint density at radius 3 is 2.76 bits per heavy atom. The third-order valence-electron chi connectivity index (χ3n) is 4.45. The summed E-state index contributed by atoms with van der Waals surface area (Å²) in [5.41, 5.74) is 1.95. The molecular weight excluding hydrogens is 390 g/mol. The standard InChI is InChI=1S/C22H24ClN3O3/c1-15(13-16-5-3-6-18(23)14-16)24-20(27)7-4-8-21-25-22(26-29-21)17-9-11-19(28-2)12-10-17/h3,5-6,9-12,14-15H,4,7-8,13H2,1-2H3,(H,24,27). The number of carbonyl (C=O) groups excluding carboxylic acids is 1. The summed E-state index contributed by atoms with van der Waals surface area (Å²) in [6.07, 6.45) is 2.33. The minimum absolute atomic E-state index is 0.00872. The zero-order valence-corrected chi connectivity index (χ0v) is 17.3. The average Bonchev–Trinajstić information content (AvgIpc) is 3.17. The van der Waals surface area contributed by atoms with Crippen molar-refractivity contribution >= 4 is 17.5 Å². The molecule has 1 N–H and O–H groups in total. The van der Waals surface area contributed by atoms with Gasteiger partial charge in [-0.3, -0.25) is 4.79 Å². The second-order valence-electron chi connectivity index (χ2n) is 6.90. The van der Waals surface area contributed by atoms with Crippen molar-refractivity contribution in [2.75, 3.05) is 7.11 Å². The van der Waals surface area contributed by atoms with Crippen molar-refractivity contribution in [2.24, 2.45) is 0 Å². The van der Waals surface area contributed by atoms with Gasteiger partial charge in [0.15, 0.2) is 0 Å². The number of aryl methyl sites for hydroxylation is 1. The molecule has 1 amide bonds. The van der Waals surface area contributed by atoms with Crippen molar-refractivity contribution in [3.8, 4) is 17.1 Å². The number of rotatable bonds is 9. The van der Waals surface area contributed by atoms with E-state index in [1.807, 2.05) is 55.5 Å². The summed E-state index contributed by atoms with van der Waals surface area (Å²) in [6.45, 7) is 1.98. The van der Waals surface area contributed by atoms with E-state index in [9.17, 15) is 4.79 Å². The van der Waals surface area contributed by atoms with Crippen LogP contribution in [0, 0.1) is 0 Å². The molecule has 29 heavy (non-hydrogen) atoms. The SMILES string of the molecule is COc1ccc(-c2noc(CCCC(=O)NC(C)Cc3cccc(Cl)c3)n2)cc1. The topological polar surface area (TPSA) is 77.2 Å². The molecule has 152 valence electrons. The zero-order chi connectivity index (χ0) is 20.6. The number of hydrogen-bond acceptors (Lipinski definition) is 5. The van der Waals surface area contributed by atoms with Gasteiger partial charge in [0.25, 0.3) is 0 Å². The summed E-state index contributed by atoms with van der Waals surface area (Å²) in [5, 5.41) is 7.72. The lowest BCUT2D eigenvalue weighted by atomic mass is 10.1. The molecule has 6 nitrogen and oxygen atoms in total. The molecule has 3 rings (SSSR count). The molecule has 1 heterocycles. The molecule has 0 aliphatic rings. The van der Waals surface area contributed by atoms with Crippen LogP contribution in [-0.4, -0.2) is 29.2 Å². The minimum atomic E-state index is 0.00872. The molecule has 1 unspecified atom stereocenters. The first kappa shape index (κ1) is 20.9. The highest BCUT2D eigenvalue weighted by Gasteiger charge is 2.12. The number of ether oxygens (including phenoxy) is 1. The van der Waals surface area contributed by atoms with E-state index in [2.05, 4.69) is 15.5 Å². The first-order valence-corrected chi connectivity index (χ1v) is 9.92. The molecule has 3 aromatic rings. The Kier molecular flexibility index (Phi) is 7.25. The maximum absolute atomic E-state index is 12.2. The number of amides is 1. The largest absolute Gasteiger partial charge is 0.497 e. The molecule has 0 fully saturated rings. The van der Waals surface area contributed by atoms with Crippen LogP contribution in [0.3, 0.4) is 0 Å². The van der Waals surface area contributed by atoms with E-state index in [0.717, 1.165) is 23.3 Å². The molecule has 0 aliphatic carbocycles. The fourth-order valence-corrected chi connectivity index (χ4v) is 3.24. The van der Waals surface area contributed by atoms with Gasteiger partial charge < -0.3 is 14.6 Å². The highest BCUT2D eigenvalue weighted by Crippen LogP contribution is 2.20. The van der Waals surface area contributed by atoms with Gasteiger partial charge in [0, 0.05) is 29.5 Å². The third kappa shape index (κ3) is 6.32.